The van der Waals surface area contributed by atoms with Crippen molar-refractivity contribution in [2.45, 2.75) is 12.8 Å². The maximum absolute atomic E-state index is 6.98. The second kappa shape index (κ2) is 5.94. The lowest BCUT2D eigenvalue weighted by molar-refractivity contribution is -0.917. The Morgan fingerprint density at radius 1 is 0.947 bits per heavy atom. The van der Waals surface area contributed by atoms with Crippen LogP contribution in [0.3, 0.4) is 0 Å². The molecule has 0 unspecified atom stereocenters. The number of quaternary nitrogens is 1. The lowest BCUT2D eigenvalue weighted by Gasteiger charge is -2.42. The molecule has 2 heterocycles. The summed E-state index contributed by atoms with van der Waals surface area (Å²) in [5.74, 6) is 0. The van der Waals surface area contributed by atoms with Gasteiger partial charge in [-0.2, -0.15) is 0 Å². The maximum Gasteiger partial charge on any atom is 0.187 e. The van der Waals surface area contributed by atoms with Gasteiger partial charge < -0.3 is 9.38 Å². The molecule has 2 aliphatic rings. The fourth-order valence-electron chi connectivity index (χ4n) is 3.34. The molecule has 0 radical (unpaired) electrons. The first-order valence-corrected chi connectivity index (χ1v) is 6.89. The van der Waals surface area contributed by atoms with Crippen molar-refractivity contribution in [1.82, 2.24) is 0 Å². The molecule has 2 aliphatic heterocycles. The molecule has 1 aromatic rings. The van der Waals surface area contributed by atoms with Crippen molar-refractivity contribution in [3.05, 3.63) is 35.7 Å². The Morgan fingerprint density at radius 3 is 2.05 bits per heavy atom. The number of piperazine rings is 1. The minimum Gasteiger partial charge on any atom is -0.360 e. The minimum atomic E-state index is 0. The normalized spacial score (nSPS) is 20.9. The topological polar surface area (TPSA) is 7.60 Å². The fourth-order valence-corrected chi connectivity index (χ4v) is 3.34. The molecule has 3 rings (SSSR count). The summed E-state index contributed by atoms with van der Waals surface area (Å²) in [6.45, 7) is 14.7. The van der Waals surface area contributed by atoms with Crippen LogP contribution in [-0.4, -0.2) is 43.8 Å². The van der Waals surface area contributed by atoms with E-state index in [-0.39, 0.29) is 17.0 Å². The summed E-state index contributed by atoms with van der Waals surface area (Å²) in [6, 6.07) is 8.04. The second-order valence-electron chi connectivity index (χ2n) is 5.56. The van der Waals surface area contributed by atoms with Crippen molar-refractivity contribution in [3.63, 3.8) is 0 Å². The SMILES string of the molecule is Br.[C-]#[N+]c1ccc(N2CC[N+]3(CCCC3)CC2)cc1. The van der Waals surface area contributed by atoms with Crippen molar-refractivity contribution in [1.29, 1.82) is 0 Å². The van der Waals surface area contributed by atoms with E-state index < -0.39 is 0 Å². The zero-order valence-corrected chi connectivity index (χ0v) is 12.9. The van der Waals surface area contributed by atoms with Crippen LogP contribution in [0.1, 0.15) is 12.8 Å². The molecule has 4 heteroatoms. The number of rotatable bonds is 1. The summed E-state index contributed by atoms with van der Waals surface area (Å²) in [4.78, 5) is 5.91. The highest BCUT2D eigenvalue weighted by Gasteiger charge is 2.35. The first kappa shape index (κ1) is 14.4. The molecule has 0 aliphatic carbocycles. The molecular weight excluding hydrogens is 302 g/mol. The summed E-state index contributed by atoms with van der Waals surface area (Å²) >= 11 is 0. The Kier molecular flexibility index (Phi) is 4.49. The van der Waals surface area contributed by atoms with Crippen LogP contribution in [0.15, 0.2) is 24.3 Å². The van der Waals surface area contributed by atoms with Crippen LogP contribution in [0.5, 0.6) is 0 Å². The van der Waals surface area contributed by atoms with Gasteiger partial charge in [0.2, 0.25) is 0 Å². The van der Waals surface area contributed by atoms with Crippen molar-refractivity contribution < 1.29 is 4.48 Å². The van der Waals surface area contributed by atoms with Crippen molar-refractivity contribution >= 4 is 28.4 Å². The number of hydrogen-bond acceptors (Lipinski definition) is 1. The van der Waals surface area contributed by atoms with Crippen molar-refractivity contribution in [2.75, 3.05) is 44.2 Å². The standard InChI is InChI=1S/C15H20N3.BrH/c1-16-14-4-6-15(7-5-14)17-8-12-18(13-9-17)10-2-3-11-18;/h4-7H,2-3,8-13H2;1H/q+1;. The van der Waals surface area contributed by atoms with E-state index >= 15 is 0 Å². The van der Waals surface area contributed by atoms with E-state index in [9.17, 15) is 0 Å². The van der Waals surface area contributed by atoms with Gasteiger partial charge in [0.15, 0.2) is 5.69 Å². The van der Waals surface area contributed by atoms with Gasteiger partial charge in [-0.25, -0.2) is 4.85 Å². The molecular formula is C15H21BrN3+. The molecule has 0 bridgehead atoms. The quantitative estimate of drug-likeness (QED) is 0.569. The van der Waals surface area contributed by atoms with Gasteiger partial charge in [0.05, 0.1) is 45.8 Å². The second-order valence-corrected chi connectivity index (χ2v) is 5.56. The van der Waals surface area contributed by atoms with E-state index in [1.165, 1.54) is 49.2 Å². The van der Waals surface area contributed by atoms with Crippen LogP contribution < -0.4 is 4.90 Å². The van der Waals surface area contributed by atoms with Crippen LogP contribution >= 0.6 is 17.0 Å². The summed E-state index contributed by atoms with van der Waals surface area (Å²) in [7, 11) is 0. The van der Waals surface area contributed by atoms with E-state index in [0.717, 1.165) is 18.8 Å². The van der Waals surface area contributed by atoms with Gasteiger partial charge in [0, 0.05) is 18.5 Å². The van der Waals surface area contributed by atoms with Gasteiger partial charge in [-0.15, -0.1) is 17.0 Å². The first-order chi connectivity index (χ1) is 8.81. The van der Waals surface area contributed by atoms with E-state index in [0.29, 0.717) is 0 Å². The van der Waals surface area contributed by atoms with Crippen LogP contribution in [0.25, 0.3) is 4.85 Å². The van der Waals surface area contributed by atoms with Crippen molar-refractivity contribution in [2.24, 2.45) is 0 Å². The molecule has 0 saturated carbocycles. The van der Waals surface area contributed by atoms with Gasteiger partial charge in [0.1, 0.15) is 0 Å². The molecule has 2 fully saturated rings. The van der Waals surface area contributed by atoms with Crippen LogP contribution in [0.4, 0.5) is 11.4 Å². The predicted molar refractivity (Wildman–Crippen MR) is 84.2 cm³/mol. The summed E-state index contributed by atoms with van der Waals surface area (Å²) in [5.41, 5.74) is 2.01. The van der Waals surface area contributed by atoms with Gasteiger partial charge in [-0.1, -0.05) is 12.1 Å². The molecule has 0 amide bonds. The van der Waals surface area contributed by atoms with Crippen LogP contribution in [0.2, 0.25) is 0 Å². The molecule has 19 heavy (non-hydrogen) atoms. The number of anilines is 1. The van der Waals surface area contributed by atoms with Crippen LogP contribution in [0, 0.1) is 6.57 Å². The largest absolute Gasteiger partial charge is 0.360 e. The molecule has 3 nitrogen and oxygen atoms in total. The highest BCUT2D eigenvalue weighted by atomic mass is 79.9. The lowest BCUT2D eigenvalue weighted by atomic mass is 10.2. The van der Waals surface area contributed by atoms with Gasteiger partial charge in [-0.05, 0) is 12.1 Å². The monoisotopic (exact) mass is 322 g/mol. The van der Waals surface area contributed by atoms with E-state index in [1.807, 2.05) is 12.1 Å². The Hall–Kier alpha value is -1.05. The number of nitrogens with zero attached hydrogens (tertiary/aromatic N) is 3. The van der Waals surface area contributed by atoms with E-state index in [1.54, 1.807) is 0 Å². The Morgan fingerprint density at radius 2 is 1.53 bits per heavy atom. The summed E-state index contributed by atoms with van der Waals surface area (Å²) in [5, 5.41) is 0. The van der Waals surface area contributed by atoms with E-state index in [2.05, 4.69) is 21.9 Å². The maximum atomic E-state index is 6.98. The molecule has 0 aromatic heterocycles. The Balaban J connectivity index is 0.00000133. The Labute approximate surface area is 126 Å². The summed E-state index contributed by atoms with van der Waals surface area (Å²) in [6.07, 6.45) is 2.83. The number of halogens is 1. The third kappa shape index (κ3) is 2.93. The third-order valence-electron chi connectivity index (χ3n) is 4.55. The molecule has 2 saturated heterocycles. The lowest BCUT2D eigenvalue weighted by Crippen LogP contribution is -2.58. The smallest absolute Gasteiger partial charge is 0.187 e. The molecule has 0 atom stereocenters. The van der Waals surface area contributed by atoms with Crippen molar-refractivity contribution in [3.8, 4) is 0 Å². The third-order valence-corrected chi connectivity index (χ3v) is 4.55. The van der Waals surface area contributed by atoms with Gasteiger partial charge in [0.25, 0.3) is 0 Å². The van der Waals surface area contributed by atoms with Gasteiger partial charge in [-0.3, -0.25) is 0 Å². The fraction of sp³-hybridized carbons (Fsp3) is 0.533. The Bertz CT molecular complexity index is 447. The first-order valence-electron chi connectivity index (χ1n) is 6.89. The molecule has 102 valence electrons. The number of benzene rings is 1. The zero-order chi connectivity index (χ0) is 12.4. The average Bonchev–Trinajstić information content (AvgIpc) is 2.88. The van der Waals surface area contributed by atoms with E-state index in [4.69, 9.17) is 6.57 Å². The average molecular weight is 323 g/mol. The zero-order valence-electron chi connectivity index (χ0n) is 11.2. The highest BCUT2D eigenvalue weighted by molar-refractivity contribution is 8.93. The van der Waals surface area contributed by atoms with Crippen LogP contribution in [-0.2, 0) is 0 Å². The number of hydrogen-bond donors (Lipinski definition) is 0. The molecule has 1 aromatic carbocycles. The highest BCUT2D eigenvalue weighted by Crippen LogP contribution is 2.26. The molecule has 1 spiro atoms. The van der Waals surface area contributed by atoms with Gasteiger partial charge >= 0.3 is 0 Å². The predicted octanol–water partition coefficient (Wildman–Crippen LogP) is 3.25. The molecule has 0 N–H and O–H groups in total. The summed E-state index contributed by atoms with van der Waals surface area (Å²) < 4.78 is 1.36. The minimum absolute atomic E-state index is 0.